The standard InChI is InChI=1S/C20H21NO2/c1-23-19-9-5-8-15-10-16-11-20(22)21(18(16)12-17(15)19)13-14-6-3-2-4-7-14/h2-9,16,18H,10-13H2,1H3/t16-,18+/m1/s1. The predicted octanol–water partition coefficient (Wildman–Crippen LogP) is 3.21. The third-order valence-electron chi connectivity index (χ3n) is 5.24. The summed E-state index contributed by atoms with van der Waals surface area (Å²) in [6.45, 7) is 0.714. The van der Waals surface area contributed by atoms with Crippen LogP contribution in [0.3, 0.4) is 0 Å². The van der Waals surface area contributed by atoms with Gasteiger partial charge < -0.3 is 9.64 Å². The second-order valence-electron chi connectivity index (χ2n) is 6.54. The first kappa shape index (κ1) is 14.3. The van der Waals surface area contributed by atoms with Crippen molar-refractivity contribution in [2.45, 2.75) is 31.8 Å². The highest BCUT2D eigenvalue weighted by Crippen LogP contribution is 2.40. The second kappa shape index (κ2) is 5.73. The molecule has 2 aromatic rings. The zero-order valence-corrected chi connectivity index (χ0v) is 13.4. The topological polar surface area (TPSA) is 29.5 Å². The fourth-order valence-electron chi connectivity index (χ4n) is 4.10. The molecule has 3 heteroatoms. The average Bonchev–Trinajstić information content (AvgIpc) is 2.88. The number of methoxy groups -OCH3 is 1. The summed E-state index contributed by atoms with van der Waals surface area (Å²) in [4.78, 5) is 14.6. The molecule has 1 saturated heterocycles. The second-order valence-corrected chi connectivity index (χ2v) is 6.54. The lowest BCUT2D eigenvalue weighted by molar-refractivity contribution is -0.129. The molecule has 0 radical (unpaired) electrons. The first-order chi connectivity index (χ1) is 11.3. The monoisotopic (exact) mass is 307 g/mol. The maximum absolute atomic E-state index is 12.5. The van der Waals surface area contributed by atoms with E-state index in [1.54, 1.807) is 7.11 Å². The summed E-state index contributed by atoms with van der Waals surface area (Å²) in [5.41, 5.74) is 3.83. The quantitative estimate of drug-likeness (QED) is 0.871. The molecule has 0 N–H and O–H groups in total. The van der Waals surface area contributed by atoms with Gasteiger partial charge in [0.05, 0.1) is 7.11 Å². The van der Waals surface area contributed by atoms with Crippen molar-refractivity contribution >= 4 is 5.91 Å². The number of nitrogens with zero attached hydrogens (tertiary/aromatic N) is 1. The maximum Gasteiger partial charge on any atom is 0.223 e. The van der Waals surface area contributed by atoms with Crippen molar-refractivity contribution in [1.29, 1.82) is 0 Å². The van der Waals surface area contributed by atoms with Gasteiger partial charge in [-0.25, -0.2) is 0 Å². The summed E-state index contributed by atoms with van der Waals surface area (Å²) in [6.07, 6.45) is 2.56. The Morgan fingerprint density at radius 3 is 2.65 bits per heavy atom. The van der Waals surface area contributed by atoms with E-state index in [0.29, 0.717) is 24.9 Å². The van der Waals surface area contributed by atoms with Crippen LogP contribution in [-0.4, -0.2) is 24.0 Å². The van der Waals surface area contributed by atoms with Gasteiger partial charge in [-0.1, -0.05) is 42.5 Å². The van der Waals surface area contributed by atoms with E-state index >= 15 is 0 Å². The summed E-state index contributed by atoms with van der Waals surface area (Å²) in [7, 11) is 1.73. The van der Waals surface area contributed by atoms with Gasteiger partial charge in [0.15, 0.2) is 0 Å². The molecule has 1 aliphatic carbocycles. The average molecular weight is 307 g/mol. The maximum atomic E-state index is 12.5. The molecule has 1 heterocycles. The van der Waals surface area contributed by atoms with Crippen LogP contribution in [0.5, 0.6) is 5.75 Å². The molecule has 2 aromatic carbocycles. The minimum Gasteiger partial charge on any atom is -0.496 e. The highest BCUT2D eigenvalue weighted by atomic mass is 16.5. The Morgan fingerprint density at radius 1 is 1.04 bits per heavy atom. The zero-order valence-electron chi connectivity index (χ0n) is 13.4. The van der Waals surface area contributed by atoms with Crippen LogP contribution < -0.4 is 4.74 Å². The van der Waals surface area contributed by atoms with Crippen LogP contribution in [-0.2, 0) is 24.2 Å². The molecule has 0 spiro atoms. The number of carbonyl (C=O) groups excluding carboxylic acids is 1. The molecule has 1 fully saturated rings. The summed E-state index contributed by atoms with van der Waals surface area (Å²) in [5, 5.41) is 0. The van der Waals surface area contributed by atoms with Gasteiger partial charge in [-0.2, -0.15) is 0 Å². The van der Waals surface area contributed by atoms with Gasteiger partial charge in [-0.3, -0.25) is 4.79 Å². The summed E-state index contributed by atoms with van der Waals surface area (Å²) in [6, 6.07) is 16.8. The number of hydrogen-bond acceptors (Lipinski definition) is 2. The number of fused-ring (bicyclic) bond motifs is 2. The normalized spacial score (nSPS) is 22.7. The van der Waals surface area contributed by atoms with E-state index in [-0.39, 0.29) is 5.91 Å². The summed E-state index contributed by atoms with van der Waals surface area (Å²) in [5.74, 6) is 1.68. The van der Waals surface area contributed by atoms with Crippen molar-refractivity contribution < 1.29 is 9.53 Å². The van der Waals surface area contributed by atoms with Crippen LogP contribution >= 0.6 is 0 Å². The molecule has 1 aliphatic heterocycles. The van der Waals surface area contributed by atoms with Crippen molar-refractivity contribution in [3.05, 3.63) is 65.2 Å². The minimum atomic E-state index is 0.288. The molecule has 0 aromatic heterocycles. The number of amides is 1. The zero-order chi connectivity index (χ0) is 15.8. The van der Waals surface area contributed by atoms with Crippen LogP contribution in [0.15, 0.2) is 48.5 Å². The van der Waals surface area contributed by atoms with E-state index in [0.717, 1.165) is 18.6 Å². The van der Waals surface area contributed by atoms with Gasteiger partial charge >= 0.3 is 0 Å². The summed E-state index contributed by atoms with van der Waals surface area (Å²) < 4.78 is 5.54. The van der Waals surface area contributed by atoms with Gasteiger partial charge in [-0.05, 0) is 41.5 Å². The Bertz CT molecular complexity index is 726. The van der Waals surface area contributed by atoms with E-state index in [4.69, 9.17) is 4.74 Å². The molecule has 0 unspecified atom stereocenters. The molecule has 2 aliphatic rings. The lowest BCUT2D eigenvalue weighted by Crippen LogP contribution is -2.39. The first-order valence-electron chi connectivity index (χ1n) is 8.24. The highest BCUT2D eigenvalue weighted by molar-refractivity contribution is 5.79. The Hall–Kier alpha value is -2.29. The van der Waals surface area contributed by atoms with Crippen molar-refractivity contribution in [3.8, 4) is 5.75 Å². The van der Waals surface area contributed by atoms with Crippen molar-refractivity contribution in [1.82, 2.24) is 4.90 Å². The Balaban J connectivity index is 1.63. The fourth-order valence-corrected chi connectivity index (χ4v) is 4.10. The lowest BCUT2D eigenvalue weighted by atomic mass is 9.80. The van der Waals surface area contributed by atoms with E-state index in [1.807, 2.05) is 24.3 Å². The van der Waals surface area contributed by atoms with Gasteiger partial charge in [0.2, 0.25) is 5.91 Å². The number of benzene rings is 2. The van der Waals surface area contributed by atoms with Crippen LogP contribution in [0.25, 0.3) is 0 Å². The number of carbonyl (C=O) groups is 1. The summed E-state index contributed by atoms with van der Waals surface area (Å²) >= 11 is 0. The minimum absolute atomic E-state index is 0.288. The Morgan fingerprint density at radius 2 is 1.87 bits per heavy atom. The van der Waals surface area contributed by atoms with Crippen LogP contribution in [0.2, 0.25) is 0 Å². The molecule has 2 atom stereocenters. The number of hydrogen-bond donors (Lipinski definition) is 0. The van der Waals surface area contributed by atoms with Crippen LogP contribution in [0.4, 0.5) is 0 Å². The van der Waals surface area contributed by atoms with Gasteiger partial charge in [0.25, 0.3) is 0 Å². The largest absolute Gasteiger partial charge is 0.496 e. The van der Waals surface area contributed by atoms with E-state index in [9.17, 15) is 4.79 Å². The molecule has 23 heavy (non-hydrogen) atoms. The highest BCUT2D eigenvalue weighted by Gasteiger charge is 2.42. The van der Waals surface area contributed by atoms with Gasteiger partial charge in [0, 0.05) is 19.0 Å². The Kier molecular flexibility index (Phi) is 3.56. The first-order valence-corrected chi connectivity index (χ1v) is 8.24. The molecular weight excluding hydrogens is 286 g/mol. The van der Waals surface area contributed by atoms with Gasteiger partial charge in [-0.15, -0.1) is 0 Å². The van der Waals surface area contributed by atoms with E-state index in [1.165, 1.54) is 16.7 Å². The smallest absolute Gasteiger partial charge is 0.223 e. The van der Waals surface area contributed by atoms with Crippen LogP contribution in [0, 0.1) is 5.92 Å². The molecule has 1 amide bonds. The molecule has 3 nitrogen and oxygen atoms in total. The predicted molar refractivity (Wildman–Crippen MR) is 89.3 cm³/mol. The van der Waals surface area contributed by atoms with Crippen molar-refractivity contribution in [2.24, 2.45) is 5.92 Å². The van der Waals surface area contributed by atoms with Crippen molar-refractivity contribution in [2.75, 3.05) is 7.11 Å². The third kappa shape index (κ3) is 2.50. The van der Waals surface area contributed by atoms with E-state index < -0.39 is 0 Å². The molecule has 0 bridgehead atoms. The third-order valence-corrected chi connectivity index (χ3v) is 5.24. The van der Waals surface area contributed by atoms with Gasteiger partial charge in [0.1, 0.15) is 5.75 Å². The number of likely N-dealkylation sites (tertiary alicyclic amines) is 1. The lowest BCUT2D eigenvalue weighted by Gasteiger charge is -2.33. The van der Waals surface area contributed by atoms with Crippen molar-refractivity contribution in [3.63, 3.8) is 0 Å². The molecule has 0 saturated carbocycles. The number of ether oxygens (including phenoxy) is 1. The fraction of sp³-hybridized carbons (Fsp3) is 0.350. The van der Waals surface area contributed by atoms with E-state index in [2.05, 4.69) is 29.2 Å². The Labute approximate surface area is 136 Å². The number of rotatable bonds is 3. The molecule has 4 rings (SSSR count). The molecular formula is C20H21NO2. The molecule has 118 valence electrons. The van der Waals surface area contributed by atoms with Crippen LogP contribution in [0.1, 0.15) is 23.1 Å². The SMILES string of the molecule is COc1cccc2c1C[C@H]1[C@@H](CC(=O)N1Cc1ccccc1)C2.